The minimum Gasteiger partial charge on any atom is -0.330 e. The van der Waals surface area contributed by atoms with Gasteiger partial charge in [-0.15, -0.1) is 0 Å². The summed E-state index contributed by atoms with van der Waals surface area (Å²) in [5, 5.41) is -0.0637. The van der Waals surface area contributed by atoms with Crippen LogP contribution in [0, 0.1) is 11.7 Å². The molecule has 0 aliphatic carbocycles. The van der Waals surface area contributed by atoms with Gasteiger partial charge in [0.1, 0.15) is 0 Å². The summed E-state index contributed by atoms with van der Waals surface area (Å²) in [6, 6.07) is 2.99. The van der Waals surface area contributed by atoms with Gasteiger partial charge in [-0.2, -0.15) is 0 Å². The molecule has 2 N–H and O–H groups in total. The predicted octanol–water partition coefficient (Wildman–Crippen LogP) is 3.41. The molecule has 88 valence electrons. The van der Waals surface area contributed by atoms with Crippen molar-refractivity contribution in [1.29, 1.82) is 0 Å². The number of carbonyl (C=O) groups excluding carboxylic acids is 1. The first-order valence-electron chi connectivity index (χ1n) is 4.84. The van der Waals surface area contributed by atoms with Crippen LogP contribution in [0.3, 0.4) is 0 Å². The van der Waals surface area contributed by atoms with E-state index in [0.29, 0.717) is 11.0 Å². The summed E-state index contributed by atoms with van der Waals surface area (Å²) < 4.78 is 14.1. The van der Waals surface area contributed by atoms with Crippen molar-refractivity contribution in [1.82, 2.24) is 0 Å². The van der Waals surface area contributed by atoms with Crippen molar-refractivity contribution < 1.29 is 9.18 Å². The van der Waals surface area contributed by atoms with Gasteiger partial charge < -0.3 is 5.73 Å². The van der Waals surface area contributed by atoms with E-state index >= 15 is 0 Å². The molecule has 0 amide bonds. The lowest BCUT2D eigenvalue weighted by Gasteiger charge is -2.09. The van der Waals surface area contributed by atoms with E-state index in [4.69, 9.17) is 17.3 Å². The molecule has 0 fully saturated rings. The molecule has 0 radical (unpaired) electrons. The van der Waals surface area contributed by atoms with Crippen LogP contribution in [0.25, 0.3) is 0 Å². The number of carbonyl (C=O) groups is 1. The van der Waals surface area contributed by atoms with Gasteiger partial charge in [-0.3, -0.25) is 4.79 Å². The largest absolute Gasteiger partial charge is 0.330 e. The van der Waals surface area contributed by atoms with Crippen molar-refractivity contribution in [2.45, 2.75) is 13.3 Å². The van der Waals surface area contributed by atoms with E-state index in [1.54, 1.807) is 6.07 Å². The average Bonchev–Trinajstić information content (AvgIpc) is 2.25. The fourth-order valence-electron chi connectivity index (χ4n) is 1.25. The van der Waals surface area contributed by atoms with E-state index in [1.165, 1.54) is 6.07 Å². The maximum Gasteiger partial charge on any atom is 0.166 e. The number of Topliss-reactive ketones (excluding diaryl/α,β-unsaturated/α-hetero) is 1. The number of hydrogen-bond donors (Lipinski definition) is 1. The van der Waals surface area contributed by atoms with E-state index in [2.05, 4.69) is 15.9 Å². The second-order valence-electron chi connectivity index (χ2n) is 3.69. The van der Waals surface area contributed by atoms with E-state index in [1.807, 2.05) is 6.92 Å². The van der Waals surface area contributed by atoms with E-state index in [9.17, 15) is 9.18 Å². The van der Waals surface area contributed by atoms with Crippen LogP contribution in [0.1, 0.15) is 23.7 Å². The van der Waals surface area contributed by atoms with Gasteiger partial charge in [0, 0.05) is 10.9 Å². The molecule has 1 rings (SSSR count). The van der Waals surface area contributed by atoms with E-state index in [0.717, 1.165) is 0 Å². The van der Waals surface area contributed by atoms with Gasteiger partial charge in [0.15, 0.2) is 11.6 Å². The number of halogens is 3. The molecule has 0 aliphatic heterocycles. The highest BCUT2D eigenvalue weighted by Crippen LogP contribution is 2.28. The highest BCUT2D eigenvalue weighted by molar-refractivity contribution is 9.10. The number of nitrogens with two attached hydrogens (primary N) is 1. The Bertz CT molecular complexity index is 411. The zero-order valence-electron chi connectivity index (χ0n) is 8.77. The maximum absolute atomic E-state index is 13.7. The molecule has 2 nitrogen and oxygen atoms in total. The van der Waals surface area contributed by atoms with Crippen molar-refractivity contribution in [2.24, 2.45) is 11.7 Å². The van der Waals surface area contributed by atoms with Crippen molar-refractivity contribution in [3.8, 4) is 0 Å². The quantitative estimate of drug-likeness (QED) is 0.684. The second-order valence-corrected chi connectivity index (χ2v) is 4.92. The minimum atomic E-state index is -0.676. The number of ketones is 1. The zero-order chi connectivity index (χ0) is 12.3. The fraction of sp³-hybridized carbons (Fsp3) is 0.364. The molecular formula is C11H12BrClFNO. The summed E-state index contributed by atoms with van der Waals surface area (Å²) in [4.78, 5) is 11.7. The van der Waals surface area contributed by atoms with Gasteiger partial charge in [0.25, 0.3) is 0 Å². The molecule has 16 heavy (non-hydrogen) atoms. The first kappa shape index (κ1) is 13.6. The monoisotopic (exact) mass is 307 g/mol. The molecule has 0 aromatic heterocycles. The highest BCUT2D eigenvalue weighted by Gasteiger charge is 2.17. The van der Waals surface area contributed by atoms with Gasteiger partial charge in [0.2, 0.25) is 0 Å². The summed E-state index contributed by atoms with van der Waals surface area (Å²) >= 11 is 8.79. The molecule has 0 saturated heterocycles. The lowest BCUT2D eigenvalue weighted by molar-refractivity contribution is 0.0962. The summed E-state index contributed by atoms with van der Waals surface area (Å²) in [6.07, 6.45) is 0.228. The van der Waals surface area contributed by atoms with E-state index in [-0.39, 0.29) is 28.7 Å². The van der Waals surface area contributed by atoms with E-state index < -0.39 is 5.82 Å². The molecule has 0 aliphatic rings. The Morgan fingerprint density at radius 1 is 1.62 bits per heavy atom. The highest BCUT2D eigenvalue weighted by atomic mass is 79.9. The van der Waals surface area contributed by atoms with Gasteiger partial charge >= 0.3 is 0 Å². The molecule has 1 aromatic carbocycles. The third-order valence-corrected chi connectivity index (χ3v) is 3.53. The van der Waals surface area contributed by atoms with Crippen LogP contribution in [-0.2, 0) is 0 Å². The molecule has 0 spiro atoms. The third kappa shape index (κ3) is 3.03. The van der Waals surface area contributed by atoms with Crippen molar-refractivity contribution in [2.75, 3.05) is 6.54 Å². The molecule has 1 atom stereocenters. The molecule has 0 saturated carbocycles. The van der Waals surface area contributed by atoms with Crippen LogP contribution in [0.4, 0.5) is 4.39 Å². The Labute approximate surface area is 107 Å². The minimum absolute atomic E-state index is 0.0218. The SMILES string of the molecule is CC(CN)CC(=O)c1ccc(Br)c(Cl)c1F. The Morgan fingerprint density at radius 2 is 2.25 bits per heavy atom. The fourth-order valence-corrected chi connectivity index (χ4v) is 1.72. The topological polar surface area (TPSA) is 43.1 Å². The summed E-state index contributed by atoms with van der Waals surface area (Å²) in [6.45, 7) is 2.24. The standard InChI is InChI=1S/C11H12BrClFNO/c1-6(5-15)4-9(16)7-2-3-8(12)10(13)11(7)14/h2-3,6H,4-5,15H2,1H3. The van der Waals surface area contributed by atoms with Crippen LogP contribution in [0.2, 0.25) is 5.02 Å². The Balaban J connectivity index is 2.97. The number of rotatable bonds is 4. The zero-order valence-corrected chi connectivity index (χ0v) is 11.1. The molecule has 0 heterocycles. The molecule has 1 unspecified atom stereocenters. The Kier molecular flexibility index (Phi) is 4.89. The molecule has 5 heteroatoms. The summed E-state index contributed by atoms with van der Waals surface area (Å²) in [7, 11) is 0. The average molecular weight is 309 g/mol. The van der Waals surface area contributed by atoms with Gasteiger partial charge in [-0.25, -0.2) is 4.39 Å². The number of hydrogen-bond acceptors (Lipinski definition) is 2. The Morgan fingerprint density at radius 3 is 2.81 bits per heavy atom. The summed E-state index contributed by atoms with van der Waals surface area (Å²) in [5.74, 6) is -0.913. The second kappa shape index (κ2) is 5.75. The lowest BCUT2D eigenvalue weighted by atomic mass is 9.99. The van der Waals surface area contributed by atoms with Gasteiger partial charge in [-0.05, 0) is 40.5 Å². The predicted molar refractivity (Wildman–Crippen MR) is 66.3 cm³/mol. The number of benzene rings is 1. The van der Waals surface area contributed by atoms with Crippen LogP contribution >= 0.6 is 27.5 Å². The first-order chi connectivity index (χ1) is 7.47. The van der Waals surface area contributed by atoms with Crippen molar-refractivity contribution in [3.05, 3.63) is 33.0 Å². The molecular weight excluding hydrogens is 296 g/mol. The van der Waals surface area contributed by atoms with Crippen LogP contribution < -0.4 is 5.73 Å². The van der Waals surface area contributed by atoms with Gasteiger partial charge in [0.05, 0.1) is 10.6 Å². The maximum atomic E-state index is 13.7. The smallest absolute Gasteiger partial charge is 0.166 e. The van der Waals surface area contributed by atoms with Crippen molar-refractivity contribution >= 4 is 33.3 Å². The van der Waals surface area contributed by atoms with Gasteiger partial charge in [-0.1, -0.05) is 18.5 Å². The summed E-state index contributed by atoms with van der Waals surface area (Å²) in [5.41, 5.74) is 5.43. The van der Waals surface area contributed by atoms with Crippen LogP contribution in [-0.4, -0.2) is 12.3 Å². The third-order valence-electron chi connectivity index (χ3n) is 2.27. The normalized spacial score (nSPS) is 12.6. The molecule has 0 bridgehead atoms. The van der Waals surface area contributed by atoms with Crippen molar-refractivity contribution in [3.63, 3.8) is 0 Å². The Hall–Kier alpha value is -0.450. The first-order valence-corrected chi connectivity index (χ1v) is 6.01. The van der Waals surface area contributed by atoms with Crippen LogP contribution in [0.15, 0.2) is 16.6 Å². The lowest BCUT2D eigenvalue weighted by Crippen LogP contribution is -2.16. The van der Waals surface area contributed by atoms with Crippen LogP contribution in [0.5, 0.6) is 0 Å². The molecule has 1 aromatic rings.